The van der Waals surface area contributed by atoms with Crippen molar-refractivity contribution in [2.24, 2.45) is 5.73 Å². The first kappa shape index (κ1) is 11.3. The van der Waals surface area contributed by atoms with Gasteiger partial charge in [0.05, 0.1) is 6.61 Å². The number of hydrogen-bond donors (Lipinski definition) is 2. The van der Waals surface area contributed by atoms with Crippen LogP contribution in [0, 0.1) is 0 Å². The van der Waals surface area contributed by atoms with Crippen LogP contribution in [0.1, 0.15) is 6.92 Å². The van der Waals surface area contributed by atoms with Gasteiger partial charge in [-0.3, -0.25) is 9.35 Å². The van der Waals surface area contributed by atoms with Crippen molar-refractivity contribution in [2.75, 3.05) is 12.4 Å². The van der Waals surface area contributed by atoms with Gasteiger partial charge in [0.25, 0.3) is 10.1 Å². The van der Waals surface area contributed by atoms with Gasteiger partial charge in [0.1, 0.15) is 11.8 Å². The first-order valence-corrected chi connectivity index (χ1v) is 4.85. The van der Waals surface area contributed by atoms with E-state index < -0.39 is 27.9 Å². The second-order valence-electron chi connectivity index (χ2n) is 2.11. The molecule has 0 spiro atoms. The zero-order chi connectivity index (χ0) is 9.78. The molecular weight excluding hydrogens is 186 g/mol. The molecule has 0 unspecified atom stereocenters. The third kappa shape index (κ3) is 5.05. The molecule has 1 atom stereocenters. The van der Waals surface area contributed by atoms with Crippen molar-refractivity contribution >= 4 is 16.1 Å². The molecule has 0 aliphatic carbocycles. The summed E-state index contributed by atoms with van der Waals surface area (Å²) in [6, 6.07) is -1.32. The smallest absolute Gasteiger partial charge is 0.324 e. The van der Waals surface area contributed by atoms with Gasteiger partial charge in [-0.25, -0.2) is 0 Å². The van der Waals surface area contributed by atoms with E-state index in [-0.39, 0.29) is 6.61 Å². The average Bonchev–Trinajstić information content (AvgIpc) is 1.84. The fourth-order valence-electron chi connectivity index (χ4n) is 0.544. The number of ether oxygens (including phenoxy) is 1. The van der Waals surface area contributed by atoms with Gasteiger partial charge in [0, 0.05) is 0 Å². The monoisotopic (exact) mass is 197 g/mol. The fourth-order valence-corrected chi connectivity index (χ4v) is 1.13. The van der Waals surface area contributed by atoms with Crippen molar-refractivity contribution < 1.29 is 22.5 Å². The number of nitrogens with two attached hydrogens (primary N) is 1. The molecule has 0 saturated heterocycles. The summed E-state index contributed by atoms with van der Waals surface area (Å²) in [5.41, 5.74) is 5.08. The van der Waals surface area contributed by atoms with Gasteiger partial charge < -0.3 is 10.5 Å². The highest BCUT2D eigenvalue weighted by atomic mass is 32.2. The van der Waals surface area contributed by atoms with Gasteiger partial charge in [-0.05, 0) is 6.92 Å². The molecule has 0 aromatic heterocycles. The Morgan fingerprint density at radius 3 is 2.50 bits per heavy atom. The molecule has 72 valence electrons. The molecule has 0 heterocycles. The number of rotatable bonds is 4. The Kier molecular flexibility index (Phi) is 4.15. The van der Waals surface area contributed by atoms with Gasteiger partial charge in [-0.15, -0.1) is 0 Å². The average molecular weight is 197 g/mol. The van der Waals surface area contributed by atoms with Crippen molar-refractivity contribution in [3.63, 3.8) is 0 Å². The molecule has 0 saturated carbocycles. The molecule has 0 rings (SSSR count). The van der Waals surface area contributed by atoms with Crippen LogP contribution in [0.25, 0.3) is 0 Å². The van der Waals surface area contributed by atoms with E-state index in [0.717, 1.165) is 0 Å². The summed E-state index contributed by atoms with van der Waals surface area (Å²) in [6.45, 7) is 1.69. The zero-order valence-electron chi connectivity index (χ0n) is 6.56. The minimum Gasteiger partial charge on any atom is -0.465 e. The van der Waals surface area contributed by atoms with Crippen LogP contribution in [0.5, 0.6) is 0 Å². The minimum atomic E-state index is -4.21. The summed E-state index contributed by atoms with van der Waals surface area (Å²) >= 11 is 0. The summed E-state index contributed by atoms with van der Waals surface area (Å²) in [6.07, 6.45) is 0. The first-order valence-electron chi connectivity index (χ1n) is 3.24. The van der Waals surface area contributed by atoms with E-state index in [1.165, 1.54) is 0 Å². The molecule has 0 aromatic carbocycles. The van der Waals surface area contributed by atoms with Crippen LogP contribution in [0.2, 0.25) is 0 Å². The molecule has 7 heteroatoms. The normalized spacial score (nSPS) is 13.9. The second-order valence-corrected chi connectivity index (χ2v) is 3.60. The summed E-state index contributed by atoms with van der Waals surface area (Å²) in [7, 11) is -4.21. The van der Waals surface area contributed by atoms with Crippen molar-refractivity contribution in [3.8, 4) is 0 Å². The Balaban J connectivity index is 4.05. The van der Waals surface area contributed by atoms with Crippen LogP contribution in [0.3, 0.4) is 0 Å². The predicted molar refractivity (Wildman–Crippen MR) is 41.0 cm³/mol. The molecule has 0 radical (unpaired) electrons. The van der Waals surface area contributed by atoms with E-state index in [1.807, 2.05) is 0 Å². The van der Waals surface area contributed by atoms with E-state index in [2.05, 4.69) is 4.74 Å². The number of carbonyl (C=O) groups excluding carboxylic acids is 1. The topological polar surface area (TPSA) is 107 Å². The van der Waals surface area contributed by atoms with Gasteiger partial charge in [-0.1, -0.05) is 0 Å². The lowest BCUT2D eigenvalue weighted by Gasteiger charge is -2.07. The molecule has 12 heavy (non-hydrogen) atoms. The lowest BCUT2D eigenvalue weighted by atomic mass is 10.4. The molecule has 6 nitrogen and oxygen atoms in total. The quantitative estimate of drug-likeness (QED) is 0.431. The maximum absolute atomic E-state index is 10.7. The highest BCUT2D eigenvalue weighted by Crippen LogP contribution is 1.91. The standard InChI is InChI=1S/C5H11NO5S/c1-2-11-5(7)4(6)3-12(8,9)10/h4H,2-3,6H2,1H3,(H,8,9,10)/t4-/m0/s1. The summed E-state index contributed by atoms with van der Waals surface area (Å²) in [5.74, 6) is -1.65. The molecule has 3 N–H and O–H groups in total. The van der Waals surface area contributed by atoms with Crippen LogP contribution in [-0.2, 0) is 19.6 Å². The lowest BCUT2D eigenvalue weighted by Crippen LogP contribution is -2.38. The van der Waals surface area contributed by atoms with E-state index >= 15 is 0 Å². The van der Waals surface area contributed by atoms with Gasteiger partial charge in [0.15, 0.2) is 0 Å². The SMILES string of the molecule is CCOC(=O)[C@@H](N)CS(=O)(=O)O. The largest absolute Gasteiger partial charge is 0.465 e. The van der Waals surface area contributed by atoms with Crippen LogP contribution in [-0.4, -0.2) is 37.3 Å². The molecule has 0 fully saturated rings. The van der Waals surface area contributed by atoms with Gasteiger partial charge in [0.2, 0.25) is 0 Å². The number of esters is 1. The van der Waals surface area contributed by atoms with Crippen LogP contribution < -0.4 is 5.73 Å². The van der Waals surface area contributed by atoms with Crippen molar-refractivity contribution in [3.05, 3.63) is 0 Å². The highest BCUT2D eigenvalue weighted by molar-refractivity contribution is 7.85. The number of carbonyl (C=O) groups is 1. The molecular formula is C5H11NO5S. The van der Waals surface area contributed by atoms with Gasteiger partial charge >= 0.3 is 5.97 Å². The van der Waals surface area contributed by atoms with Crippen LogP contribution >= 0.6 is 0 Å². The second kappa shape index (κ2) is 4.39. The summed E-state index contributed by atoms with van der Waals surface area (Å²) < 4.78 is 33.1. The van der Waals surface area contributed by atoms with E-state index in [4.69, 9.17) is 10.3 Å². The Morgan fingerprint density at radius 1 is 1.67 bits per heavy atom. The van der Waals surface area contributed by atoms with Crippen molar-refractivity contribution in [1.82, 2.24) is 0 Å². The first-order chi connectivity index (χ1) is 5.37. The zero-order valence-corrected chi connectivity index (χ0v) is 7.37. The Bertz CT molecular complexity index is 247. The highest BCUT2D eigenvalue weighted by Gasteiger charge is 2.20. The van der Waals surface area contributed by atoms with Gasteiger partial charge in [-0.2, -0.15) is 8.42 Å². The van der Waals surface area contributed by atoms with E-state index in [1.54, 1.807) is 6.92 Å². The Morgan fingerprint density at radius 2 is 2.17 bits per heavy atom. The molecule has 0 aliphatic rings. The Labute approximate surface area is 70.4 Å². The maximum atomic E-state index is 10.7. The molecule has 0 amide bonds. The van der Waals surface area contributed by atoms with Crippen molar-refractivity contribution in [1.29, 1.82) is 0 Å². The lowest BCUT2D eigenvalue weighted by molar-refractivity contribution is -0.144. The van der Waals surface area contributed by atoms with Crippen LogP contribution in [0.4, 0.5) is 0 Å². The van der Waals surface area contributed by atoms with Crippen molar-refractivity contribution in [2.45, 2.75) is 13.0 Å². The number of hydrogen-bond acceptors (Lipinski definition) is 5. The minimum absolute atomic E-state index is 0.123. The van der Waals surface area contributed by atoms with E-state index in [9.17, 15) is 13.2 Å². The Hall–Kier alpha value is -0.660. The van der Waals surface area contributed by atoms with Crippen LogP contribution in [0.15, 0.2) is 0 Å². The molecule has 0 aliphatic heterocycles. The van der Waals surface area contributed by atoms with E-state index in [0.29, 0.717) is 0 Å². The third-order valence-corrected chi connectivity index (χ3v) is 1.76. The maximum Gasteiger partial charge on any atom is 0.324 e. The fraction of sp³-hybridized carbons (Fsp3) is 0.800. The summed E-state index contributed by atoms with van der Waals surface area (Å²) in [5, 5.41) is 0. The summed E-state index contributed by atoms with van der Waals surface area (Å²) in [4.78, 5) is 10.7. The third-order valence-electron chi connectivity index (χ3n) is 0.980. The predicted octanol–water partition coefficient (Wildman–Crippen LogP) is -1.24. The molecule has 0 aromatic rings. The molecule has 0 bridgehead atoms.